The lowest BCUT2D eigenvalue weighted by atomic mass is 9.84. The van der Waals surface area contributed by atoms with Gasteiger partial charge in [-0.2, -0.15) is 4.31 Å². The van der Waals surface area contributed by atoms with Crippen molar-refractivity contribution in [1.29, 1.82) is 0 Å². The molecule has 3 fully saturated rings. The fourth-order valence-electron chi connectivity index (χ4n) is 6.96. The fourth-order valence-corrected chi connectivity index (χ4v) is 8.58. The van der Waals surface area contributed by atoms with Crippen molar-refractivity contribution >= 4 is 16.1 Å². The quantitative estimate of drug-likeness (QED) is 0.317. The summed E-state index contributed by atoms with van der Waals surface area (Å²) in [6, 6.07) is 14.8. The van der Waals surface area contributed by atoms with E-state index in [9.17, 15) is 18.3 Å². The highest BCUT2D eigenvalue weighted by Crippen LogP contribution is 2.51. The Kier molecular flexibility index (Phi) is 11.0. The Balaban J connectivity index is 1.31. The second kappa shape index (κ2) is 14.8. The number of rotatable bonds is 14. The van der Waals surface area contributed by atoms with Crippen LogP contribution in [-0.4, -0.2) is 95.1 Å². The zero-order valence-corrected chi connectivity index (χ0v) is 27.2. The normalized spacial score (nSPS) is 27.3. The van der Waals surface area contributed by atoms with Crippen LogP contribution < -0.4 is 10.1 Å². The van der Waals surface area contributed by atoms with Gasteiger partial charge in [0, 0.05) is 32.0 Å². The zero-order valence-electron chi connectivity index (χ0n) is 26.4. The van der Waals surface area contributed by atoms with Gasteiger partial charge in [0.2, 0.25) is 10.0 Å². The number of methoxy groups -OCH3 is 2. The molecule has 0 radical (unpaired) electrons. The summed E-state index contributed by atoms with van der Waals surface area (Å²) in [5.74, 6) is 1.02. The maximum Gasteiger partial charge on any atom is 0.407 e. The second-order valence-corrected chi connectivity index (χ2v) is 14.7. The largest absolute Gasteiger partial charge is 0.497 e. The molecule has 248 valence electrons. The summed E-state index contributed by atoms with van der Waals surface area (Å²) < 4.78 is 57.3. The number of carbonyl (C=O) groups excluding carboxylic acids is 1. The van der Waals surface area contributed by atoms with Gasteiger partial charge in [0.05, 0.1) is 43.5 Å². The average Bonchev–Trinajstić information content (AvgIpc) is 3.58. The summed E-state index contributed by atoms with van der Waals surface area (Å²) in [5.41, 5.74) is 0.887. The number of amides is 1. The molecule has 2 N–H and O–H groups in total. The van der Waals surface area contributed by atoms with Crippen LogP contribution in [0, 0.1) is 23.7 Å². The fraction of sp³-hybridized carbons (Fsp3) is 0.606. The van der Waals surface area contributed by atoms with Gasteiger partial charge in [-0.1, -0.05) is 44.2 Å². The molecule has 12 heteroatoms. The van der Waals surface area contributed by atoms with Crippen LogP contribution in [0.4, 0.5) is 4.79 Å². The van der Waals surface area contributed by atoms with E-state index < -0.39 is 28.3 Å². The first-order chi connectivity index (χ1) is 21.6. The van der Waals surface area contributed by atoms with Crippen molar-refractivity contribution in [2.24, 2.45) is 23.7 Å². The SMILES string of the molecule is COC[C@@H]1C[C@@H]2C3[C@H](CO[C@H]3O1)C[C@@H]2OC(=O)N[C@@H](Cc1ccccc1)[C@H](O)CN(CC(C)C)S(=O)(=O)c1ccc(OC)cc1. The molecule has 1 amide bonds. The lowest BCUT2D eigenvalue weighted by molar-refractivity contribution is -0.215. The van der Waals surface area contributed by atoms with E-state index in [1.54, 1.807) is 19.2 Å². The van der Waals surface area contributed by atoms with Gasteiger partial charge in [-0.25, -0.2) is 13.2 Å². The summed E-state index contributed by atoms with van der Waals surface area (Å²) in [4.78, 5) is 13.6. The van der Waals surface area contributed by atoms with Crippen LogP contribution in [0.2, 0.25) is 0 Å². The van der Waals surface area contributed by atoms with Gasteiger partial charge in [-0.15, -0.1) is 0 Å². The molecule has 1 aliphatic carbocycles. The molecule has 2 heterocycles. The first-order valence-corrected chi connectivity index (χ1v) is 17.1. The van der Waals surface area contributed by atoms with Crippen molar-refractivity contribution < 1.29 is 42.0 Å². The topological polar surface area (TPSA) is 133 Å². The molecule has 0 aromatic heterocycles. The molecule has 5 rings (SSSR count). The van der Waals surface area contributed by atoms with Crippen LogP contribution in [0.3, 0.4) is 0 Å². The number of aliphatic hydroxyl groups excluding tert-OH is 1. The lowest BCUT2D eigenvalue weighted by Gasteiger charge is -2.37. The number of alkyl carbamates (subject to hydrolysis) is 1. The van der Waals surface area contributed by atoms with Crippen LogP contribution in [0.5, 0.6) is 5.75 Å². The highest BCUT2D eigenvalue weighted by atomic mass is 32.2. The Morgan fingerprint density at radius 1 is 1.07 bits per heavy atom. The third-order valence-corrected chi connectivity index (χ3v) is 10.9. The molecular weight excluding hydrogens is 600 g/mol. The van der Waals surface area contributed by atoms with E-state index in [-0.39, 0.29) is 66.6 Å². The molecule has 11 nitrogen and oxygen atoms in total. The van der Waals surface area contributed by atoms with E-state index in [0.717, 1.165) is 5.56 Å². The zero-order chi connectivity index (χ0) is 32.1. The summed E-state index contributed by atoms with van der Waals surface area (Å²) in [7, 11) is -0.812. The third-order valence-electron chi connectivity index (χ3n) is 9.04. The van der Waals surface area contributed by atoms with Crippen molar-refractivity contribution in [2.45, 2.75) is 68.6 Å². The van der Waals surface area contributed by atoms with Gasteiger partial charge < -0.3 is 34.1 Å². The molecule has 0 bridgehead atoms. The van der Waals surface area contributed by atoms with E-state index in [0.29, 0.717) is 31.8 Å². The maximum atomic E-state index is 13.7. The Morgan fingerprint density at radius 2 is 1.80 bits per heavy atom. The summed E-state index contributed by atoms with van der Waals surface area (Å²) in [5, 5.41) is 14.5. The number of carbonyl (C=O) groups is 1. The highest BCUT2D eigenvalue weighted by Gasteiger charge is 2.56. The van der Waals surface area contributed by atoms with Crippen LogP contribution in [0.1, 0.15) is 32.3 Å². The smallest absolute Gasteiger partial charge is 0.407 e. The number of sulfonamides is 1. The molecule has 8 atom stereocenters. The molecule has 1 saturated carbocycles. The monoisotopic (exact) mass is 646 g/mol. The summed E-state index contributed by atoms with van der Waals surface area (Å²) >= 11 is 0. The van der Waals surface area contributed by atoms with E-state index >= 15 is 0 Å². The van der Waals surface area contributed by atoms with Crippen molar-refractivity contribution in [1.82, 2.24) is 9.62 Å². The molecule has 0 spiro atoms. The van der Waals surface area contributed by atoms with Crippen molar-refractivity contribution in [3.05, 3.63) is 60.2 Å². The first-order valence-electron chi connectivity index (χ1n) is 15.7. The number of ether oxygens (including phenoxy) is 5. The number of nitrogens with zero attached hydrogens (tertiary/aromatic N) is 1. The van der Waals surface area contributed by atoms with E-state index in [1.165, 1.54) is 23.5 Å². The van der Waals surface area contributed by atoms with Crippen LogP contribution in [-0.2, 0) is 35.4 Å². The molecule has 2 aliphatic heterocycles. The van der Waals surface area contributed by atoms with Crippen LogP contribution >= 0.6 is 0 Å². The van der Waals surface area contributed by atoms with Gasteiger partial charge in [0.25, 0.3) is 0 Å². The van der Waals surface area contributed by atoms with Crippen molar-refractivity contribution in [3.8, 4) is 5.75 Å². The Hall–Kier alpha value is -2.74. The minimum Gasteiger partial charge on any atom is -0.497 e. The van der Waals surface area contributed by atoms with E-state index in [2.05, 4.69) is 5.32 Å². The van der Waals surface area contributed by atoms with Gasteiger partial charge >= 0.3 is 6.09 Å². The highest BCUT2D eigenvalue weighted by molar-refractivity contribution is 7.89. The Labute approximate surface area is 266 Å². The second-order valence-electron chi connectivity index (χ2n) is 12.7. The number of hydrogen-bond donors (Lipinski definition) is 2. The van der Waals surface area contributed by atoms with E-state index in [1.807, 2.05) is 44.2 Å². The molecular formula is C33H46N2O9S. The van der Waals surface area contributed by atoms with Gasteiger partial charge in [-0.05, 0) is 60.9 Å². The minimum absolute atomic E-state index is 0.00764. The predicted octanol–water partition coefficient (Wildman–Crippen LogP) is 3.45. The van der Waals surface area contributed by atoms with Crippen molar-refractivity contribution in [2.75, 3.05) is 40.5 Å². The van der Waals surface area contributed by atoms with Crippen LogP contribution in [0.25, 0.3) is 0 Å². The van der Waals surface area contributed by atoms with Gasteiger partial charge in [0.1, 0.15) is 11.9 Å². The predicted molar refractivity (Wildman–Crippen MR) is 166 cm³/mol. The molecule has 45 heavy (non-hydrogen) atoms. The molecule has 1 unspecified atom stereocenters. The molecule has 3 aliphatic rings. The number of aliphatic hydroxyl groups is 1. The number of benzene rings is 2. The minimum atomic E-state index is -3.96. The van der Waals surface area contributed by atoms with E-state index in [4.69, 9.17) is 23.7 Å². The molecule has 2 aromatic carbocycles. The Bertz CT molecular complexity index is 1360. The van der Waals surface area contributed by atoms with Crippen molar-refractivity contribution in [3.63, 3.8) is 0 Å². The maximum absolute atomic E-state index is 13.7. The molecule has 2 aromatic rings. The van der Waals surface area contributed by atoms with Gasteiger partial charge in [0.15, 0.2) is 6.29 Å². The third kappa shape index (κ3) is 7.98. The number of hydrogen-bond acceptors (Lipinski definition) is 9. The summed E-state index contributed by atoms with van der Waals surface area (Å²) in [6.07, 6.45) is -0.976. The Morgan fingerprint density at radius 3 is 2.47 bits per heavy atom. The summed E-state index contributed by atoms with van der Waals surface area (Å²) in [6.45, 7) is 4.81. The van der Waals surface area contributed by atoms with Crippen LogP contribution in [0.15, 0.2) is 59.5 Å². The van der Waals surface area contributed by atoms with Gasteiger partial charge in [-0.3, -0.25) is 0 Å². The molecule has 2 saturated heterocycles. The number of nitrogens with one attached hydrogen (secondary N) is 1. The average molecular weight is 647 g/mol. The lowest BCUT2D eigenvalue weighted by Crippen LogP contribution is -2.52. The first kappa shape index (κ1) is 33.6. The standard InChI is InChI=1S/C33H46N2O9S/c1-21(2)17-35(45(38,39)26-12-10-24(41-4)11-13-26)18-29(36)28(14-22-8-6-5-7-9-22)34-33(37)44-30-15-23-19-42-32-31(23)27(30)16-25(43-32)20-40-3/h5-13,21,23,25,27-32,36H,14-20H2,1-4H3,(H,34,37)/t23-,25-,27-,28-,29+,30-,31?,32-/m0/s1.